The number of aryl methyl sites for hydroxylation is 2. The molecule has 12 aromatic carbocycles. The number of ether oxygens (including phenoxy) is 2. The second-order valence-corrected chi connectivity index (χ2v) is 25.4. The monoisotopic (exact) mass is 1550 g/mol. The Balaban J connectivity index is 0.000000117. The standard InChI is InChI=1S/C15H12F2N2O2.C14H11ClN2O2.C14H11ClN2O.C14H10F2N2O.C13H9ClN2O.C13H9FN2O/c1-9(16)20-11-5-2-4-10(8-11)18-15-12-6-3-7-13(17)14(12)21-19-15;1-18-13-7-6-9(8-11(13)15)16-14-10-4-2-3-5-12(10)19-17-14;1-9-6-7-10(8-12(9)15)16-14-11-4-2-3-5-13(11)18-17-14;1-8-5-6-9(7-12(8)16)17-14-10-3-2-4-11(15)13(10)19-18-14;2*14-9-4-3-5-10(8-9)15-13-11-6-1-2-7-12(11)17-16-13/h2-9H,1H3,(H,18,19);2-8H,1H3,(H,16,17);2-8H,1H3,(H,16,17);2-7H,1H3,(H,17,18);2*1-8H,(H,15,16). The Morgan fingerprint density at radius 3 is 1.12 bits per heavy atom. The van der Waals surface area contributed by atoms with E-state index in [9.17, 15) is 22.0 Å². The van der Waals surface area contributed by atoms with Crippen molar-refractivity contribution in [2.45, 2.75) is 27.1 Å². The Morgan fingerprint density at radius 2 is 0.694 bits per heavy atom. The smallest absolute Gasteiger partial charge is 0.235 e. The van der Waals surface area contributed by atoms with Gasteiger partial charge >= 0.3 is 0 Å². The maximum atomic E-state index is 13.5. The number of fused-ring (bicyclic) bond motifs is 6. The molecule has 0 bridgehead atoms. The molecule has 558 valence electrons. The first-order valence-electron chi connectivity index (χ1n) is 33.8. The molecule has 1 unspecified atom stereocenters. The molecule has 18 rings (SSSR count). The summed E-state index contributed by atoms with van der Waals surface area (Å²) in [4.78, 5) is 0. The van der Waals surface area contributed by atoms with Gasteiger partial charge in [0.2, 0.25) is 17.5 Å². The molecule has 0 aliphatic heterocycles. The summed E-state index contributed by atoms with van der Waals surface area (Å²) in [6.07, 6.45) is -1.40. The van der Waals surface area contributed by atoms with Gasteiger partial charge in [-0.3, -0.25) is 0 Å². The van der Waals surface area contributed by atoms with E-state index in [0.29, 0.717) is 95.4 Å². The van der Waals surface area contributed by atoms with Gasteiger partial charge in [-0.05, 0) is 189 Å². The molecule has 0 aliphatic carbocycles. The quantitative estimate of drug-likeness (QED) is 0.0522. The zero-order chi connectivity index (χ0) is 77.3. The molecule has 1 atom stereocenters. The molecule has 6 aromatic heterocycles. The third-order valence-corrected chi connectivity index (χ3v) is 17.2. The van der Waals surface area contributed by atoms with Gasteiger partial charge in [-0.2, -0.15) is 0 Å². The largest absolute Gasteiger partial charge is 0.495 e. The molecular formula is C83H62Cl3F5N12O8. The van der Waals surface area contributed by atoms with E-state index in [1.807, 2.05) is 153 Å². The van der Waals surface area contributed by atoms with Gasteiger partial charge in [0.25, 0.3) is 0 Å². The first-order chi connectivity index (χ1) is 53.9. The normalized spacial score (nSPS) is 11.0. The van der Waals surface area contributed by atoms with Crippen molar-refractivity contribution in [2.24, 2.45) is 0 Å². The topological polar surface area (TPSA) is 247 Å². The number of anilines is 12. The number of alkyl halides is 1. The molecule has 0 saturated heterocycles. The molecule has 0 amide bonds. The third kappa shape index (κ3) is 19.2. The fourth-order valence-electron chi connectivity index (χ4n) is 10.8. The molecule has 111 heavy (non-hydrogen) atoms. The number of nitrogens with one attached hydrogen (secondary N) is 6. The summed E-state index contributed by atoms with van der Waals surface area (Å²) in [5.41, 5.74) is 9.15. The maximum absolute atomic E-state index is 13.5. The summed E-state index contributed by atoms with van der Waals surface area (Å²) in [7, 11) is 1.58. The minimum atomic E-state index is -1.40. The summed E-state index contributed by atoms with van der Waals surface area (Å²) in [6.45, 7) is 4.95. The molecule has 0 spiro atoms. The molecule has 20 nitrogen and oxygen atoms in total. The summed E-state index contributed by atoms with van der Waals surface area (Å²) >= 11 is 18.1. The van der Waals surface area contributed by atoms with Crippen molar-refractivity contribution in [2.75, 3.05) is 39.0 Å². The highest BCUT2D eigenvalue weighted by Crippen LogP contribution is 2.35. The Labute approximate surface area is 643 Å². The van der Waals surface area contributed by atoms with Gasteiger partial charge in [-0.1, -0.05) is 157 Å². The van der Waals surface area contributed by atoms with Crippen LogP contribution in [0.2, 0.25) is 15.1 Å². The highest BCUT2D eigenvalue weighted by molar-refractivity contribution is 6.32. The van der Waals surface area contributed by atoms with Crippen molar-refractivity contribution in [3.8, 4) is 11.5 Å². The van der Waals surface area contributed by atoms with Crippen LogP contribution in [0.3, 0.4) is 0 Å². The van der Waals surface area contributed by atoms with Crippen LogP contribution in [0.25, 0.3) is 65.8 Å². The van der Waals surface area contributed by atoms with Crippen molar-refractivity contribution in [3.05, 3.63) is 310 Å². The van der Waals surface area contributed by atoms with Crippen LogP contribution in [0.1, 0.15) is 18.1 Å². The minimum absolute atomic E-state index is 0.0811. The van der Waals surface area contributed by atoms with Crippen LogP contribution in [-0.4, -0.2) is 44.4 Å². The van der Waals surface area contributed by atoms with Crippen LogP contribution in [0.4, 0.5) is 91.0 Å². The predicted molar refractivity (Wildman–Crippen MR) is 424 cm³/mol. The molecule has 0 radical (unpaired) electrons. The molecule has 6 heterocycles. The SMILES string of the molecule is CC(F)Oc1cccc(Nc2noc3c(F)cccc23)c1.COc1ccc(Nc2noc3ccccc23)cc1Cl.Cc1ccc(Nc2noc3c(F)cccc23)cc1F.Cc1ccc(Nc2noc3ccccc23)cc1Cl.Clc1cccc(Nc2noc3ccccc23)c1.Fc1cccc(Nc2noc3ccccc23)c1. The van der Waals surface area contributed by atoms with E-state index >= 15 is 0 Å². The molecule has 0 saturated carbocycles. The first-order valence-corrected chi connectivity index (χ1v) is 34.9. The van der Waals surface area contributed by atoms with Crippen LogP contribution < -0.4 is 41.4 Å². The lowest BCUT2D eigenvalue weighted by atomic mass is 10.2. The van der Waals surface area contributed by atoms with Crippen LogP contribution in [0.5, 0.6) is 11.5 Å². The van der Waals surface area contributed by atoms with Gasteiger partial charge in [0, 0.05) is 57.2 Å². The Hall–Kier alpha value is -13.6. The number of hydrogen-bond donors (Lipinski definition) is 6. The fraction of sp³-hybridized carbons (Fsp3) is 0.0602. The average molecular weight is 1560 g/mol. The number of nitrogens with zero attached hydrogens (tertiary/aromatic N) is 6. The van der Waals surface area contributed by atoms with E-state index in [2.05, 4.69) is 62.8 Å². The van der Waals surface area contributed by atoms with Crippen molar-refractivity contribution in [1.29, 1.82) is 0 Å². The average Bonchev–Trinajstić information content (AvgIpc) is 1.69. The van der Waals surface area contributed by atoms with Crippen LogP contribution in [0, 0.1) is 37.1 Å². The van der Waals surface area contributed by atoms with Crippen molar-refractivity contribution in [3.63, 3.8) is 0 Å². The van der Waals surface area contributed by atoms with Gasteiger partial charge in [-0.15, -0.1) is 0 Å². The number of benzene rings is 12. The number of hydrogen-bond acceptors (Lipinski definition) is 20. The summed E-state index contributed by atoms with van der Waals surface area (Å²) in [5, 5.41) is 48.7. The van der Waals surface area contributed by atoms with Gasteiger partial charge in [0.15, 0.2) is 68.9 Å². The van der Waals surface area contributed by atoms with Gasteiger partial charge in [-0.25, -0.2) is 22.0 Å². The number of aromatic nitrogens is 6. The predicted octanol–water partition coefficient (Wildman–Crippen LogP) is 25.3. The molecule has 0 aliphatic rings. The van der Waals surface area contributed by atoms with Gasteiger partial charge < -0.3 is 68.5 Å². The lowest BCUT2D eigenvalue weighted by molar-refractivity contribution is 0.0861. The number of para-hydroxylation sites is 6. The molecule has 18 aromatic rings. The second-order valence-electron chi connectivity index (χ2n) is 24.1. The first kappa shape index (κ1) is 75.6. The lowest BCUT2D eigenvalue weighted by Crippen LogP contribution is -2.03. The van der Waals surface area contributed by atoms with Gasteiger partial charge in [0.05, 0.1) is 44.4 Å². The Kier molecular flexibility index (Phi) is 24.1. The Bertz CT molecular complexity index is 6100. The molecular weight excluding hydrogens is 1490 g/mol. The lowest BCUT2D eigenvalue weighted by Gasteiger charge is -2.09. The van der Waals surface area contributed by atoms with Crippen molar-refractivity contribution < 1.29 is 58.6 Å². The number of rotatable bonds is 15. The number of methoxy groups -OCH3 is 1. The second kappa shape index (κ2) is 35.4. The minimum Gasteiger partial charge on any atom is -0.495 e. The summed E-state index contributed by atoms with van der Waals surface area (Å²) in [6, 6.07) is 76.1. The van der Waals surface area contributed by atoms with Gasteiger partial charge in [0.1, 0.15) is 23.1 Å². The number of halogens is 8. The van der Waals surface area contributed by atoms with Crippen molar-refractivity contribution >= 4 is 170 Å². The molecule has 0 fully saturated rings. The Morgan fingerprint density at radius 1 is 0.333 bits per heavy atom. The van der Waals surface area contributed by atoms with E-state index in [0.717, 1.165) is 65.9 Å². The zero-order valence-electron chi connectivity index (χ0n) is 58.9. The van der Waals surface area contributed by atoms with Crippen LogP contribution in [0.15, 0.2) is 288 Å². The fourth-order valence-corrected chi connectivity index (χ4v) is 11.4. The van der Waals surface area contributed by atoms with E-state index in [1.165, 1.54) is 37.3 Å². The zero-order valence-corrected chi connectivity index (χ0v) is 61.1. The molecule has 28 heteroatoms. The van der Waals surface area contributed by atoms with Crippen molar-refractivity contribution in [1.82, 2.24) is 30.9 Å². The van der Waals surface area contributed by atoms with E-state index in [-0.39, 0.29) is 22.8 Å². The molecule has 6 N–H and O–H groups in total. The highest BCUT2D eigenvalue weighted by Gasteiger charge is 2.17. The van der Waals surface area contributed by atoms with E-state index in [1.54, 1.807) is 99.0 Å². The summed E-state index contributed by atoms with van der Waals surface area (Å²) in [5.74, 6) is 2.85. The van der Waals surface area contributed by atoms with Crippen LogP contribution in [-0.2, 0) is 0 Å². The summed E-state index contributed by atoms with van der Waals surface area (Å²) < 4.78 is 107. The van der Waals surface area contributed by atoms with Crippen LogP contribution >= 0.6 is 34.8 Å². The van der Waals surface area contributed by atoms with E-state index < -0.39 is 18.0 Å². The maximum Gasteiger partial charge on any atom is 0.235 e. The van der Waals surface area contributed by atoms with E-state index in [4.69, 9.17) is 71.4 Å². The third-order valence-electron chi connectivity index (χ3n) is 16.3. The highest BCUT2D eigenvalue weighted by atomic mass is 35.5.